The highest BCUT2D eigenvalue weighted by Gasteiger charge is 2.45. The number of halogens is 1. The predicted molar refractivity (Wildman–Crippen MR) is 106 cm³/mol. The SMILES string of the molecule is CCCCN1C(=O)C(=O)/C(=C(\O)c2ccc(F)cc2)C1c1ccc(CC)cc1. The summed E-state index contributed by atoms with van der Waals surface area (Å²) in [6.07, 6.45) is 2.52. The summed E-state index contributed by atoms with van der Waals surface area (Å²) in [7, 11) is 0. The number of hydrogen-bond donors (Lipinski definition) is 1. The smallest absolute Gasteiger partial charge is 0.295 e. The predicted octanol–water partition coefficient (Wildman–Crippen LogP) is 4.61. The molecule has 1 heterocycles. The number of amides is 1. The van der Waals surface area contributed by atoms with Crippen LogP contribution in [0.2, 0.25) is 0 Å². The average Bonchev–Trinajstić information content (AvgIpc) is 2.97. The second-order valence-corrected chi connectivity index (χ2v) is 6.95. The Morgan fingerprint density at radius 3 is 2.25 bits per heavy atom. The topological polar surface area (TPSA) is 57.6 Å². The molecule has 1 atom stereocenters. The summed E-state index contributed by atoms with van der Waals surface area (Å²) in [5.41, 5.74) is 2.28. The van der Waals surface area contributed by atoms with Crippen molar-refractivity contribution < 1.29 is 19.1 Å². The molecule has 1 unspecified atom stereocenters. The van der Waals surface area contributed by atoms with E-state index in [4.69, 9.17) is 0 Å². The van der Waals surface area contributed by atoms with Gasteiger partial charge in [-0.2, -0.15) is 0 Å². The van der Waals surface area contributed by atoms with Gasteiger partial charge in [0.25, 0.3) is 11.7 Å². The van der Waals surface area contributed by atoms with Crippen LogP contribution in [-0.4, -0.2) is 28.2 Å². The number of aliphatic hydroxyl groups is 1. The first-order valence-electron chi connectivity index (χ1n) is 9.61. The fourth-order valence-electron chi connectivity index (χ4n) is 3.48. The normalized spacial score (nSPS) is 18.7. The maximum atomic E-state index is 13.3. The Kier molecular flexibility index (Phi) is 5.93. The Hall–Kier alpha value is -2.95. The Balaban J connectivity index is 2.13. The van der Waals surface area contributed by atoms with Crippen LogP contribution in [-0.2, 0) is 16.0 Å². The number of Topliss-reactive ketones (excluding diaryl/α,β-unsaturated/α-hetero) is 1. The van der Waals surface area contributed by atoms with E-state index in [0.29, 0.717) is 12.1 Å². The van der Waals surface area contributed by atoms with E-state index in [1.165, 1.54) is 29.2 Å². The van der Waals surface area contributed by atoms with Gasteiger partial charge in [0.2, 0.25) is 0 Å². The lowest BCUT2D eigenvalue weighted by molar-refractivity contribution is -0.139. The van der Waals surface area contributed by atoms with Crippen molar-refractivity contribution >= 4 is 17.4 Å². The zero-order valence-corrected chi connectivity index (χ0v) is 16.1. The Morgan fingerprint density at radius 1 is 1.04 bits per heavy atom. The second-order valence-electron chi connectivity index (χ2n) is 6.95. The first kappa shape index (κ1) is 19.8. The van der Waals surface area contributed by atoms with Crippen LogP contribution >= 0.6 is 0 Å². The number of aliphatic hydroxyl groups excluding tert-OH is 1. The van der Waals surface area contributed by atoms with E-state index >= 15 is 0 Å². The molecule has 1 fully saturated rings. The molecule has 0 bridgehead atoms. The van der Waals surface area contributed by atoms with Crippen molar-refractivity contribution in [2.75, 3.05) is 6.54 Å². The molecule has 3 rings (SSSR count). The highest BCUT2D eigenvalue weighted by molar-refractivity contribution is 6.46. The maximum Gasteiger partial charge on any atom is 0.295 e. The van der Waals surface area contributed by atoms with Gasteiger partial charge in [-0.1, -0.05) is 44.5 Å². The van der Waals surface area contributed by atoms with Gasteiger partial charge in [0.05, 0.1) is 11.6 Å². The molecule has 28 heavy (non-hydrogen) atoms. The van der Waals surface area contributed by atoms with Crippen molar-refractivity contribution in [3.05, 3.63) is 76.6 Å². The summed E-state index contributed by atoms with van der Waals surface area (Å²) < 4.78 is 13.3. The van der Waals surface area contributed by atoms with Gasteiger partial charge in [-0.25, -0.2) is 4.39 Å². The standard InChI is InChI=1S/C23H24FNO3/c1-3-5-14-25-20(16-8-6-15(4-2)7-9-16)19(22(27)23(25)28)21(26)17-10-12-18(24)13-11-17/h6-13,20,26H,3-5,14H2,1-2H3/b21-19-. The van der Waals surface area contributed by atoms with E-state index in [0.717, 1.165) is 30.4 Å². The Labute approximate surface area is 164 Å². The van der Waals surface area contributed by atoms with E-state index < -0.39 is 23.5 Å². The zero-order valence-electron chi connectivity index (χ0n) is 16.1. The van der Waals surface area contributed by atoms with Crippen molar-refractivity contribution in [2.24, 2.45) is 0 Å². The Morgan fingerprint density at radius 2 is 1.68 bits per heavy atom. The van der Waals surface area contributed by atoms with Crippen molar-refractivity contribution in [1.29, 1.82) is 0 Å². The summed E-state index contributed by atoms with van der Waals surface area (Å²) >= 11 is 0. The number of rotatable bonds is 6. The van der Waals surface area contributed by atoms with Crippen LogP contribution in [0.3, 0.4) is 0 Å². The van der Waals surface area contributed by atoms with Crippen LogP contribution in [0.1, 0.15) is 49.4 Å². The van der Waals surface area contributed by atoms with Gasteiger partial charge >= 0.3 is 0 Å². The summed E-state index contributed by atoms with van der Waals surface area (Å²) in [5.74, 6) is -2.03. The minimum absolute atomic E-state index is 0.0527. The highest BCUT2D eigenvalue weighted by Crippen LogP contribution is 2.39. The summed E-state index contributed by atoms with van der Waals surface area (Å²) in [5, 5.41) is 10.8. The monoisotopic (exact) mass is 381 g/mol. The number of ketones is 1. The van der Waals surface area contributed by atoms with Gasteiger partial charge in [0.15, 0.2) is 0 Å². The van der Waals surface area contributed by atoms with Crippen molar-refractivity contribution in [3.63, 3.8) is 0 Å². The Bertz CT molecular complexity index is 900. The molecule has 0 radical (unpaired) electrons. The molecule has 2 aromatic carbocycles. The van der Waals surface area contributed by atoms with Gasteiger partial charge in [-0.15, -0.1) is 0 Å². The molecule has 5 heteroatoms. The van der Waals surface area contributed by atoms with Gasteiger partial charge in [-0.05, 0) is 48.2 Å². The molecular formula is C23H24FNO3. The second kappa shape index (κ2) is 8.38. The quantitative estimate of drug-likeness (QED) is 0.452. The van der Waals surface area contributed by atoms with E-state index in [9.17, 15) is 19.1 Å². The van der Waals surface area contributed by atoms with Crippen LogP contribution in [0, 0.1) is 5.82 Å². The number of hydrogen-bond acceptors (Lipinski definition) is 3. The largest absolute Gasteiger partial charge is 0.507 e. The molecule has 1 amide bonds. The number of aryl methyl sites for hydroxylation is 1. The van der Waals surface area contributed by atoms with E-state index in [1.54, 1.807) is 0 Å². The number of carbonyl (C=O) groups is 2. The summed E-state index contributed by atoms with van der Waals surface area (Å²) in [6.45, 7) is 4.50. The number of unbranched alkanes of at least 4 members (excludes halogenated alkanes) is 1. The number of carbonyl (C=O) groups excluding carboxylic acids is 2. The molecule has 1 aliphatic heterocycles. The van der Waals surface area contributed by atoms with Gasteiger partial charge < -0.3 is 10.0 Å². The first-order valence-corrected chi connectivity index (χ1v) is 9.61. The number of likely N-dealkylation sites (tertiary alicyclic amines) is 1. The van der Waals surface area contributed by atoms with E-state index in [1.807, 2.05) is 31.2 Å². The van der Waals surface area contributed by atoms with Crippen LogP contribution in [0.25, 0.3) is 5.76 Å². The fourth-order valence-corrected chi connectivity index (χ4v) is 3.48. The number of nitrogens with zero attached hydrogens (tertiary/aromatic N) is 1. The average molecular weight is 381 g/mol. The molecule has 0 saturated carbocycles. The molecule has 2 aromatic rings. The molecule has 1 N–H and O–H groups in total. The van der Waals surface area contributed by atoms with Crippen LogP contribution in [0.5, 0.6) is 0 Å². The molecular weight excluding hydrogens is 357 g/mol. The molecule has 4 nitrogen and oxygen atoms in total. The summed E-state index contributed by atoms with van der Waals surface area (Å²) in [6, 6.07) is 12.3. The van der Waals surface area contributed by atoms with Crippen molar-refractivity contribution in [1.82, 2.24) is 4.90 Å². The van der Waals surface area contributed by atoms with Crippen LogP contribution in [0.15, 0.2) is 54.1 Å². The van der Waals surface area contributed by atoms with Gasteiger partial charge in [0, 0.05) is 12.1 Å². The lowest BCUT2D eigenvalue weighted by Crippen LogP contribution is -2.30. The molecule has 0 aliphatic carbocycles. The molecule has 0 aromatic heterocycles. The summed E-state index contributed by atoms with van der Waals surface area (Å²) in [4.78, 5) is 27.0. The minimum Gasteiger partial charge on any atom is -0.507 e. The van der Waals surface area contributed by atoms with Crippen LogP contribution < -0.4 is 0 Å². The van der Waals surface area contributed by atoms with Crippen molar-refractivity contribution in [2.45, 2.75) is 39.2 Å². The third-order valence-corrected chi connectivity index (χ3v) is 5.11. The van der Waals surface area contributed by atoms with Crippen LogP contribution in [0.4, 0.5) is 4.39 Å². The lowest BCUT2D eigenvalue weighted by Gasteiger charge is -2.25. The third-order valence-electron chi connectivity index (χ3n) is 5.11. The van der Waals surface area contributed by atoms with Crippen molar-refractivity contribution in [3.8, 4) is 0 Å². The van der Waals surface area contributed by atoms with Gasteiger partial charge in [0.1, 0.15) is 11.6 Å². The molecule has 1 saturated heterocycles. The highest BCUT2D eigenvalue weighted by atomic mass is 19.1. The first-order chi connectivity index (χ1) is 13.5. The van der Waals surface area contributed by atoms with E-state index in [2.05, 4.69) is 6.92 Å². The maximum absolute atomic E-state index is 13.3. The number of benzene rings is 2. The fraction of sp³-hybridized carbons (Fsp3) is 0.304. The molecule has 1 aliphatic rings. The van der Waals surface area contributed by atoms with E-state index in [-0.39, 0.29) is 11.3 Å². The minimum atomic E-state index is -0.706. The lowest BCUT2D eigenvalue weighted by atomic mass is 9.94. The molecule has 146 valence electrons. The third kappa shape index (κ3) is 3.70. The zero-order chi connectivity index (χ0) is 20.3. The molecule has 0 spiro atoms. The van der Waals surface area contributed by atoms with Gasteiger partial charge in [-0.3, -0.25) is 9.59 Å².